The lowest BCUT2D eigenvalue weighted by Gasteiger charge is -2.26. The molecule has 0 aliphatic carbocycles. The smallest absolute Gasteiger partial charge is 0.231 e. The maximum absolute atomic E-state index is 5.99. The van der Waals surface area contributed by atoms with Crippen molar-refractivity contribution in [1.29, 1.82) is 0 Å². The van der Waals surface area contributed by atoms with Crippen molar-refractivity contribution in [3.63, 3.8) is 0 Å². The summed E-state index contributed by atoms with van der Waals surface area (Å²) in [5.74, 6) is 1.10. The molecule has 1 fully saturated rings. The number of aromatic nitrogens is 3. The maximum atomic E-state index is 5.99. The van der Waals surface area contributed by atoms with Crippen molar-refractivity contribution in [3.05, 3.63) is 5.28 Å². The van der Waals surface area contributed by atoms with Crippen molar-refractivity contribution < 1.29 is 9.47 Å². The summed E-state index contributed by atoms with van der Waals surface area (Å²) in [7, 11) is 3.28. The Morgan fingerprint density at radius 1 is 1.19 bits per heavy atom. The van der Waals surface area contributed by atoms with Crippen molar-refractivity contribution in [2.24, 2.45) is 0 Å². The van der Waals surface area contributed by atoms with E-state index in [2.05, 4.69) is 25.2 Å². The second kappa shape index (κ2) is 8.31. The molecule has 1 aliphatic heterocycles. The zero-order chi connectivity index (χ0) is 15.1. The minimum atomic E-state index is -0.0658. The standard InChI is InChI=1S/C13H22ClN5O2/c1-20-9-10(21-2)8-15-12-16-11(14)17-13(18-12)19-6-4-3-5-7-19/h10H,3-9H2,1-2H3,(H,15,16,17,18). The lowest BCUT2D eigenvalue weighted by Crippen LogP contribution is -2.32. The van der Waals surface area contributed by atoms with Crippen LogP contribution in [0.2, 0.25) is 5.28 Å². The molecule has 1 aliphatic rings. The fourth-order valence-corrected chi connectivity index (χ4v) is 2.41. The van der Waals surface area contributed by atoms with E-state index in [1.54, 1.807) is 14.2 Å². The SMILES string of the molecule is COCC(CNc1nc(Cl)nc(N2CCCCC2)n1)OC. The summed E-state index contributed by atoms with van der Waals surface area (Å²) >= 11 is 5.99. The highest BCUT2D eigenvalue weighted by Crippen LogP contribution is 2.18. The van der Waals surface area contributed by atoms with Crippen LogP contribution in [0.3, 0.4) is 0 Å². The molecule has 1 aromatic heterocycles. The summed E-state index contributed by atoms with van der Waals surface area (Å²) in [5, 5.41) is 3.33. The van der Waals surface area contributed by atoms with Gasteiger partial charge in [0.05, 0.1) is 12.7 Å². The van der Waals surface area contributed by atoms with E-state index in [1.165, 1.54) is 6.42 Å². The largest absolute Gasteiger partial charge is 0.382 e. The van der Waals surface area contributed by atoms with Gasteiger partial charge in [-0.15, -0.1) is 0 Å². The molecule has 21 heavy (non-hydrogen) atoms. The molecule has 0 amide bonds. The number of halogens is 1. The normalized spacial score (nSPS) is 16.8. The molecule has 0 radical (unpaired) electrons. The molecule has 1 N–H and O–H groups in total. The minimum absolute atomic E-state index is 0.0658. The van der Waals surface area contributed by atoms with Crippen molar-refractivity contribution >= 4 is 23.5 Å². The van der Waals surface area contributed by atoms with Gasteiger partial charge in [0.1, 0.15) is 0 Å². The van der Waals surface area contributed by atoms with E-state index in [0.717, 1.165) is 25.9 Å². The van der Waals surface area contributed by atoms with Gasteiger partial charge in [0.25, 0.3) is 0 Å². The topological polar surface area (TPSA) is 72.4 Å². The second-order valence-electron chi connectivity index (χ2n) is 4.97. The van der Waals surface area contributed by atoms with Crippen LogP contribution in [0.4, 0.5) is 11.9 Å². The number of rotatable bonds is 7. The van der Waals surface area contributed by atoms with Gasteiger partial charge in [0.15, 0.2) is 0 Å². The third-order valence-electron chi connectivity index (χ3n) is 3.41. The van der Waals surface area contributed by atoms with Gasteiger partial charge in [-0.05, 0) is 30.9 Å². The Bertz CT molecular complexity index is 443. The Balaban J connectivity index is 2.00. The van der Waals surface area contributed by atoms with E-state index >= 15 is 0 Å². The minimum Gasteiger partial charge on any atom is -0.382 e. The average molecular weight is 316 g/mol. The number of ether oxygens (including phenoxy) is 2. The number of nitrogens with one attached hydrogen (secondary N) is 1. The van der Waals surface area contributed by atoms with Crippen LogP contribution in [0.1, 0.15) is 19.3 Å². The molecule has 1 aromatic rings. The molecule has 0 spiro atoms. The Kier molecular flexibility index (Phi) is 6.41. The van der Waals surface area contributed by atoms with Gasteiger partial charge in [-0.1, -0.05) is 0 Å². The lowest BCUT2D eigenvalue weighted by molar-refractivity contribution is 0.0365. The summed E-state index contributed by atoms with van der Waals surface area (Å²) in [6.07, 6.45) is 3.51. The highest BCUT2D eigenvalue weighted by Gasteiger charge is 2.16. The molecule has 0 bridgehead atoms. The van der Waals surface area contributed by atoms with Crippen LogP contribution in [0.25, 0.3) is 0 Å². The number of piperidine rings is 1. The fourth-order valence-electron chi connectivity index (χ4n) is 2.26. The number of hydrogen-bond acceptors (Lipinski definition) is 7. The maximum Gasteiger partial charge on any atom is 0.231 e. The molecule has 1 atom stereocenters. The molecular weight excluding hydrogens is 294 g/mol. The number of methoxy groups -OCH3 is 2. The summed E-state index contributed by atoms with van der Waals surface area (Å²) in [6.45, 7) is 2.97. The van der Waals surface area contributed by atoms with E-state index in [1.807, 2.05) is 0 Å². The fraction of sp³-hybridized carbons (Fsp3) is 0.769. The van der Waals surface area contributed by atoms with E-state index in [9.17, 15) is 0 Å². The van der Waals surface area contributed by atoms with E-state index < -0.39 is 0 Å². The molecule has 118 valence electrons. The van der Waals surface area contributed by atoms with Crippen LogP contribution >= 0.6 is 11.6 Å². The van der Waals surface area contributed by atoms with Crippen molar-refractivity contribution in [3.8, 4) is 0 Å². The van der Waals surface area contributed by atoms with Gasteiger partial charge < -0.3 is 19.7 Å². The summed E-state index contributed by atoms with van der Waals surface area (Å²) in [5.41, 5.74) is 0. The van der Waals surface area contributed by atoms with E-state index in [0.29, 0.717) is 25.0 Å². The zero-order valence-electron chi connectivity index (χ0n) is 12.5. The predicted octanol–water partition coefficient (Wildman–Crippen LogP) is 1.59. The molecule has 2 heterocycles. The summed E-state index contributed by atoms with van der Waals surface area (Å²) in [6, 6.07) is 0. The van der Waals surface area contributed by atoms with Crippen molar-refractivity contribution in [1.82, 2.24) is 15.0 Å². The lowest BCUT2D eigenvalue weighted by atomic mass is 10.1. The Morgan fingerprint density at radius 3 is 2.62 bits per heavy atom. The van der Waals surface area contributed by atoms with Crippen molar-refractivity contribution in [2.75, 3.05) is 50.7 Å². The highest BCUT2D eigenvalue weighted by molar-refractivity contribution is 6.28. The number of nitrogens with zero attached hydrogens (tertiary/aromatic N) is 4. The van der Waals surface area contributed by atoms with E-state index in [4.69, 9.17) is 21.1 Å². The Morgan fingerprint density at radius 2 is 1.95 bits per heavy atom. The van der Waals surface area contributed by atoms with Gasteiger partial charge in [0, 0.05) is 33.9 Å². The monoisotopic (exact) mass is 315 g/mol. The first kappa shape index (κ1) is 16.2. The first-order chi connectivity index (χ1) is 10.2. The highest BCUT2D eigenvalue weighted by atomic mass is 35.5. The quantitative estimate of drug-likeness (QED) is 0.819. The molecular formula is C13H22ClN5O2. The first-order valence-corrected chi connectivity index (χ1v) is 7.53. The van der Waals surface area contributed by atoms with Crippen LogP contribution in [0.15, 0.2) is 0 Å². The van der Waals surface area contributed by atoms with Gasteiger partial charge in [-0.25, -0.2) is 0 Å². The van der Waals surface area contributed by atoms with Crippen molar-refractivity contribution in [2.45, 2.75) is 25.4 Å². The molecule has 7 nitrogen and oxygen atoms in total. The zero-order valence-corrected chi connectivity index (χ0v) is 13.3. The Labute approximate surface area is 130 Å². The predicted molar refractivity (Wildman–Crippen MR) is 82.1 cm³/mol. The Hall–Kier alpha value is -1.18. The van der Waals surface area contributed by atoms with Gasteiger partial charge >= 0.3 is 0 Å². The van der Waals surface area contributed by atoms with Gasteiger partial charge in [0.2, 0.25) is 17.2 Å². The number of anilines is 2. The van der Waals surface area contributed by atoms with E-state index in [-0.39, 0.29) is 11.4 Å². The third kappa shape index (κ3) is 4.94. The van der Waals surface area contributed by atoms with Crippen LogP contribution in [0.5, 0.6) is 0 Å². The van der Waals surface area contributed by atoms with Crippen LogP contribution in [-0.2, 0) is 9.47 Å². The average Bonchev–Trinajstić information content (AvgIpc) is 2.52. The third-order valence-corrected chi connectivity index (χ3v) is 3.58. The summed E-state index contributed by atoms with van der Waals surface area (Å²) < 4.78 is 10.4. The molecule has 1 unspecified atom stereocenters. The molecule has 0 aromatic carbocycles. The molecule has 1 saturated heterocycles. The van der Waals surface area contributed by atoms with Crippen LogP contribution < -0.4 is 10.2 Å². The van der Waals surface area contributed by atoms with Gasteiger partial charge in [-0.3, -0.25) is 0 Å². The number of hydrogen-bond donors (Lipinski definition) is 1. The van der Waals surface area contributed by atoms with Crippen LogP contribution in [0, 0.1) is 0 Å². The molecule has 2 rings (SSSR count). The summed E-state index contributed by atoms with van der Waals surface area (Å²) in [4.78, 5) is 14.9. The van der Waals surface area contributed by atoms with Gasteiger partial charge in [-0.2, -0.15) is 15.0 Å². The second-order valence-corrected chi connectivity index (χ2v) is 5.31. The van der Waals surface area contributed by atoms with Crippen LogP contribution in [-0.4, -0.2) is 61.5 Å². The molecule has 8 heteroatoms. The molecule has 0 saturated carbocycles. The first-order valence-electron chi connectivity index (χ1n) is 7.15.